The highest BCUT2D eigenvalue weighted by atomic mass is 31.0. The molecular formula is C2H5OP. The molecule has 24 valence electrons. The molecule has 0 spiro atoms. The zero-order valence-electron chi connectivity index (χ0n) is 2.23. The van der Waals surface area contributed by atoms with Gasteiger partial charge in [-0.3, -0.25) is 0 Å². The lowest BCUT2D eigenvalue weighted by molar-refractivity contribution is 0.459. The second-order valence-electron chi connectivity index (χ2n) is 0.491. The van der Waals surface area contributed by atoms with E-state index in [0.717, 1.165) is 0 Å². The summed E-state index contributed by atoms with van der Waals surface area (Å²) in [5, 5.41) is 7.82. The van der Waals surface area contributed by atoms with E-state index >= 15 is 0 Å². The average molecular weight is 76.0 g/mol. The van der Waals surface area contributed by atoms with Gasteiger partial charge in [0.25, 0.3) is 0 Å². The average Bonchev–Trinajstić information content (AvgIpc) is 0.811. The molecule has 0 amide bonds. The smallest absolute Gasteiger partial charge is 0.101 e. The molecule has 0 aliphatic rings. The van der Waals surface area contributed by atoms with Crippen LogP contribution in [0.4, 0.5) is 0 Å². The Balaban J connectivity index is 2.80. The Morgan fingerprint density at radius 1 is 2.00 bits per heavy atom. The highest BCUT2D eigenvalue weighted by molar-refractivity contribution is 7.21. The lowest BCUT2D eigenvalue weighted by Crippen LogP contribution is -1.45. The van der Waals surface area contributed by atoms with Crippen molar-refractivity contribution in [3.63, 3.8) is 0 Å². The van der Waals surface area contributed by atoms with Gasteiger partial charge in [0.15, 0.2) is 0 Å². The molecule has 0 aromatic carbocycles. The van der Waals surface area contributed by atoms with Crippen LogP contribution in [0.2, 0.25) is 0 Å². The monoisotopic (exact) mass is 76.0 g/mol. The molecule has 0 rings (SSSR count). The maximum absolute atomic E-state index is 7.82. The first-order valence-corrected chi connectivity index (χ1v) is 1.44. The minimum absolute atomic E-state index is 0.0833. The maximum Gasteiger partial charge on any atom is 0.101 e. The van der Waals surface area contributed by atoms with Crippen molar-refractivity contribution in [3.8, 4) is 0 Å². The molecule has 1 atom stereocenters. The highest BCUT2D eigenvalue weighted by Gasteiger charge is 1.53. The van der Waals surface area contributed by atoms with Gasteiger partial charge >= 0.3 is 0 Å². The lowest BCUT2D eigenvalue weighted by Gasteiger charge is -1.68. The van der Waals surface area contributed by atoms with Crippen molar-refractivity contribution >= 4 is 9.24 Å². The molecule has 4 heavy (non-hydrogen) atoms. The van der Waals surface area contributed by atoms with Crippen LogP contribution in [0.5, 0.6) is 0 Å². The molecular weight excluding hydrogens is 71.0 g/mol. The standard InChI is InChI=1S/C2H5OP/c1-2(3)4/h3H,1,4H2. The molecule has 0 heterocycles. The lowest BCUT2D eigenvalue weighted by atomic mass is 11.2. The van der Waals surface area contributed by atoms with E-state index in [2.05, 4.69) is 6.58 Å². The summed E-state index contributed by atoms with van der Waals surface area (Å²) in [5.41, 5.74) is 0.0833. The van der Waals surface area contributed by atoms with E-state index in [1.807, 2.05) is 9.24 Å². The molecule has 0 radical (unpaired) electrons. The molecule has 1 unspecified atom stereocenters. The Hall–Kier alpha value is -0.0300. The maximum atomic E-state index is 7.82. The topological polar surface area (TPSA) is 20.2 Å². The Kier molecular flexibility index (Phi) is 1.30. The molecule has 1 N–H and O–H groups in total. The van der Waals surface area contributed by atoms with Crippen molar-refractivity contribution in [1.82, 2.24) is 0 Å². The SMILES string of the molecule is C=C(O)P. The predicted molar refractivity (Wildman–Crippen MR) is 21.5 cm³/mol. The Morgan fingerprint density at radius 2 is 2.00 bits per heavy atom. The van der Waals surface area contributed by atoms with E-state index in [9.17, 15) is 0 Å². The van der Waals surface area contributed by atoms with Crippen molar-refractivity contribution in [2.75, 3.05) is 0 Å². The van der Waals surface area contributed by atoms with Crippen LogP contribution in [-0.4, -0.2) is 5.11 Å². The van der Waals surface area contributed by atoms with E-state index in [1.54, 1.807) is 0 Å². The summed E-state index contributed by atoms with van der Waals surface area (Å²) in [6.07, 6.45) is 0. The first-order chi connectivity index (χ1) is 1.73. The van der Waals surface area contributed by atoms with Crippen molar-refractivity contribution in [1.29, 1.82) is 0 Å². The fourth-order valence-corrected chi connectivity index (χ4v) is 0. The van der Waals surface area contributed by atoms with Gasteiger partial charge in [0.1, 0.15) is 5.50 Å². The van der Waals surface area contributed by atoms with Crippen molar-refractivity contribution in [3.05, 3.63) is 12.1 Å². The number of hydrogen-bond acceptors (Lipinski definition) is 1. The highest BCUT2D eigenvalue weighted by Crippen LogP contribution is 1.88. The van der Waals surface area contributed by atoms with Crippen LogP contribution < -0.4 is 0 Å². The minimum atomic E-state index is 0.0833. The first-order valence-electron chi connectivity index (χ1n) is 0.866. The quantitative estimate of drug-likeness (QED) is 0.335. The minimum Gasteiger partial charge on any atom is -0.509 e. The molecule has 0 aromatic rings. The van der Waals surface area contributed by atoms with E-state index in [1.165, 1.54) is 0 Å². The van der Waals surface area contributed by atoms with Gasteiger partial charge in [-0.1, -0.05) is 15.8 Å². The summed E-state index contributed by atoms with van der Waals surface area (Å²) in [5.74, 6) is 0. The van der Waals surface area contributed by atoms with Gasteiger partial charge in [-0.25, -0.2) is 0 Å². The summed E-state index contributed by atoms with van der Waals surface area (Å²) >= 11 is 0. The van der Waals surface area contributed by atoms with Crippen LogP contribution in [0.25, 0.3) is 0 Å². The fraction of sp³-hybridized carbons (Fsp3) is 0. The molecule has 0 fully saturated rings. The van der Waals surface area contributed by atoms with Gasteiger partial charge in [0.05, 0.1) is 0 Å². The largest absolute Gasteiger partial charge is 0.509 e. The molecule has 0 aliphatic heterocycles. The van der Waals surface area contributed by atoms with Crippen molar-refractivity contribution < 1.29 is 5.11 Å². The van der Waals surface area contributed by atoms with Crippen LogP contribution in [-0.2, 0) is 0 Å². The summed E-state index contributed by atoms with van der Waals surface area (Å²) < 4.78 is 0. The zero-order valence-corrected chi connectivity index (χ0v) is 3.39. The summed E-state index contributed by atoms with van der Waals surface area (Å²) in [6.45, 7) is 3.07. The van der Waals surface area contributed by atoms with E-state index < -0.39 is 0 Å². The van der Waals surface area contributed by atoms with Crippen LogP contribution in [0.15, 0.2) is 12.1 Å². The third-order valence-corrected chi connectivity index (χ3v) is 0. The van der Waals surface area contributed by atoms with Gasteiger partial charge in [-0.2, -0.15) is 0 Å². The second-order valence-corrected chi connectivity index (χ2v) is 1.16. The van der Waals surface area contributed by atoms with Crippen LogP contribution in [0.3, 0.4) is 0 Å². The molecule has 0 saturated carbocycles. The van der Waals surface area contributed by atoms with E-state index in [4.69, 9.17) is 5.11 Å². The van der Waals surface area contributed by atoms with Crippen LogP contribution in [0, 0.1) is 0 Å². The van der Waals surface area contributed by atoms with E-state index in [0.29, 0.717) is 0 Å². The third kappa shape index (κ3) is 2060. The Labute approximate surface area is 27.5 Å². The molecule has 0 saturated heterocycles. The van der Waals surface area contributed by atoms with Gasteiger partial charge < -0.3 is 5.11 Å². The van der Waals surface area contributed by atoms with Gasteiger partial charge in [-0.05, 0) is 0 Å². The van der Waals surface area contributed by atoms with Gasteiger partial charge in [-0.15, -0.1) is 0 Å². The van der Waals surface area contributed by atoms with E-state index in [-0.39, 0.29) is 5.50 Å². The normalized spacial score (nSPS) is 6.25. The Morgan fingerprint density at radius 3 is 2.00 bits per heavy atom. The van der Waals surface area contributed by atoms with Crippen molar-refractivity contribution in [2.24, 2.45) is 0 Å². The first kappa shape index (κ1) is 3.97. The van der Waals surface area contributed by atoms with Gasteiger partial charge in [0.2, 0.25) is 0 Å². The second kappa shape index (κ2) is 1.31. The number of rotatable bonds is 0. The predicted octanol–water partition coefficient (Wildman–Crippen LogP) is 0.891. The molecule has 2 heteroatoms. The number of aliphatic hydroxyl groups excluding tert-OH is 1. The number of aliphatic hydroxyl groups is 1. The number of hydrogen-bond donors (Lipinski definition) is 1. The Bertz CT molecular complexity index is 29.0. The van der Waals surface area contributed by atoms with Crippen LogP contribution in [0.1, 0.15) is 0 Å². The molecule has 0 aromatic heterocycles. The molecule has 0 bridgehead atoms. The summed E-state index contributed by atoms with van der Waals surface area (Å²) in [4.78, 5) is 0. The van der Waals surface area contributed by atoms with Crippen molar-refractivity contribution in [2.45, 2.75) is 0 Å². The third-order valence-electron chi connectivity index (χ3n) is 0. The fourth-order valence-electron chi connectivity index (χ4n) is 0. The van der Waals surface area contributed by atoms with Gasteiger partial charge in [0, 0.05) is 0 Å². The summed E-state index contributed by atoms with van der Waals surface area (Å²) in [6, 6.07) is 0. The van der Waals surface area contributed by atoms with Crippen LogP contribution >= 0.6 is 9.24 Å². The molecule has 1 nitrogen and oxygen atoms in total. The molecule has 0 aliphatic carbocycles. The summed E-state index contributed by atoms with van der Waals surface area (Å²) in [7, 11) is 2.02. The zero-order chi connectivity index (χ0) is 3.58.